The Morgan fingerprint density at radius 1 is 1.15 bits per heavy atom. The van der Waals surface area contributed by atoms with Gasteiger partial charge in [-0.05, 0) is 24.6 Å². The Hall–Kier alpha value is -2.22. The van der Waals surface area contributed by atoms with Crippen LogP contribution in [-0.2, 0) is 6.54 Å². The zero-order chi connectivity index (χ0) is 17.9. The lowest BCUT2D eigenvalue weighted by Gasteiger charge is -2.32. The van der Waals surface area contributed by atoms with Crippen molar-refractivity contribution in [2.24, 2.45) is 0 Å². The van der Waals surface area contributed by atoms with E-state index in [4.69, 9.17) is 4.42 Å². The minimum absolute atomic E-state index is 0.0772. The molecule has 7 heteroatoms. The fraction of sp³-hybridized carbons (Fsp3) is 0.474. The molecular weight excluding hydrogens is 332 g/mol. The number of para-hydroxylation sites is 1. The van der Waals surface area contributed by atoms with E-state index in [1.54, 1.807) is 18.2 Å². The zero-order valence-electron chi connectivity index (χ0n) is 14.8. The van der Waals surface area contributed by atoms with Crippen LogP contribution in [0.15, 0.2) is 40.8 Å². The third-order valence-corrected chi connectivity index (χ3v) is 5.32. The third-order valence-electron chi connectivity index (χ3n) is 5.32. The highest BCUT2D eigenvalue weighted by Crippen LogP contribution is 2.31. The number of furan rings is 1. The van der Waals surface area contributed by atoms with Crippen LogP contribution in [0.1, 0.15) is 12.2 Å². The van der Waals surface area contributed by atoms with Gasteiger partial charge in [0.2, 0.25) is 0 Å². The Bertz CT molecular complexity index is 770. The van der Waals surface area contributed by atoms with Crippen molar-refractivity contribution in [3.63, 3.8) is 0 Å². The van der Waals surface area contributed by atoms with Crippen LogP contribution in [0.25, 0.3) is 11.3 Å². The van der Waals surface area contributed by atoms with Crippen LogP contribution in [-0.4, -0.2) is 60.0 Å². The molecule has 0 amide bonds. The predicted octanol–water partition coefficient (Wildman–Crippen LogP) is 2.33. The normalized spacial score (nSPS) is 21.9. The van der Waals surface area contributed by atoms with E-state index in [9.17, 15) is 10.1 Å². The molecule has 26 heavy (non-hydrogen) atoms. The average Bonchev–Trinajstić information content (AvgIpc) is 3.32. The van der Waals surface area contributed by atoms with E-state index in [-0.39, 0.29) is 10.6 Å². The van der Waals surface area contributed by atoms with Crippen LogP contribution < -0.4 is 5.32 Å². The monoisotopic (exact) mass is 356 g/mol. The van der Waals surface area contributed by atoms with Crippen molar-refractivity contribution in [3.05, 3.63) is 52.3 Å². The average molecular weight is 356 g/mol. The zero-order valence-corrected chi connectivity index (χ0v) is 14.8. The molecule has 1 atom stereocenters. The van der Waals surface area contributed by atoms with Crippen molar-refractivity contribution >= 4 is 5.69 Å². The predicted molar refractivity (Wildman–Crippen MR) is 98.9 cm³/mol. The number of likely N-dealkylation sites (tertiary alicyclic amines) is 1. The number of rotatable bonds is 5. The summed E-state index contributed by atoms with van der Waals surface area (Å²) in [5.41, 5.74) is 0.609. The van der Waals surface area contributed by atoms with Crippen molar-refractivity contribution in [2.45, 2.75) is 19.0 Å². The molecule has 3 heterocycles. The first-order valence-electron chi connectivity index (χ1n) is 9.20. The summed E-state index contributed by atoms with van der Waals surface area (Å²) >= 11 is 0. The largest absolute Gasteiger partial charge is 0.459 e. The summed E-state index contributed by atoms with van der Waals surface area (Å²) in [4.78, 5) is 15.8. The number of piperazine rings is 1. The molecular formula is C19H24N4O3. The van der Waals surface area contributed by atoms with Gasteiger partial charge >= 0.3 is 0 Å². The van der Waals surface area contributed by atoms with E-state index >= 15 is 0 Å². The third kappa shape index (κ3) is 3.65. The van der Waals surface area contributed by atoms with E-state index in [2.05, 4.69) is 15.1 Å². The van der Waals surface area contributed by atoms with Gasteiger partial charge in [-0.1, -0.05) is 12.1 Å². The maximum Gasteiger partial charge on any atom is 0.280 e. The molecule has 2 aliphatic heterocycles. The molecule has 138 valence electrons. The smallest absolute Gasteiger partial charge is 0.280 e. The minimum Gasteiger partial charge on any atom is -0.459 e. The first-order chi connectivity index (χ1) is 12.7. The molecule has 1 aromatic carbocycles. The van der Waals surface area contributed by atoms with Crippen molar-refractivity contribution in [1.29, 1.82) is 0 Å². The summed E-state index contributed by atoms with van der Waals surface area (Å²) in [5.74, 6) is 1.42. The van der Waals surface area contributed by atoms with Gasteiger partial charge in [0.05, 0.1) is 17.0 Å². The van der Waals surface area contributed by atoms with Crippen molar-refractivity contribution in [1.82, 2.24) is 15.1 Å². The Balaban J connectivity index is 1.41. The van der Waals surface area contributed by atoms with Gasteiger partial charge in [0.25, 0.3) is 5.69 Å². The van der Waals surface area contributed by atoms with Gasteiger partial charge in [-0.25, -0.2) is 0 Å². The fourth-order valence-electron chi connectivity index (χ4n) is 3.97. The Labute approximate surface area is 152 Å². The number of benzene rings is 1. The van der Waals surface area contributed by atoms with Crippen LogP contribution in [0, 0.1) is 10.1 Å². The minimum atomic E-state index is -0.365. The lowest BCUT2D eigenvalue weighted by molar-refractivity contribution is -0.384. The highest BCUT2D eigenvalue weighted by atomic mass is 16.6. The molecule has 1 unspecified atom stereocenters. The van der Waals surface area contributed by atoms with Gasteiger partial charge in [0.15, 0.2) is 0 Å². The topological polar surface area (TPSA) is 74.8 Å². The van der Waals surface area contributed by atoms with Crippen LogP contribution >= 0.6 is 0 Å². The maximum atomic E-state index is 11.2. The number of nitrogens with one attached hydrogen (secondary N) is 1. The molecule has 0 spiro atoms. The van der Waals surface area contributed by atoms with E-state index in [1.807, 2.05) is 12.1 Å². The number of nitro groups is 1. The fourth-order valence-corrected chi connectivity index (χ4v) is 3.97. The van der Waals surface area contributed by atoms with E-state index < -0.39 is 0 Å². The maximum absolute atomic E-state index is 11.2. The molecule has 2 saturated heterocycles. The Kier molecular flexibility index (Phi) is 5.01. The van der Waals surface area contributed by atoms with E-state index in [0.717, 1.165) is 51.6 Å². The first-order valence-corrected chi connectivity index (χ1v) is 9.20. The molecule has 7 nitrogen and oxygen atoms in total. The molecule has 1 aromatic heterocycles. The molecule has 2 aliphatic rings. The molecule has 0 aliphatic carbocycles. The first kappa shape index (κ1) is 17.2. The number of hydrogen-bond donors (Lipinski definition) is 1. The SMILES string of the molecule is O=[N+]([O-])c1ccccc1-c1ccc(CN2CCC(N3CCNCC3)C2)o1. The molecule has 2 fully saturated rings. The quantitative estimate of drug-likeness (QED) is 0.655. The van der Waals surface area contributed by atoms with Gasteiger partial charge in [0.1, 0.15) is 11.5 Å². The highest BCUT2D eigenvalue weighted by Gasteiger charge is 2.29. The highest BCUT2D eigenvalue weighted by molar-refractivity contribution is 5.69. The second kappa shape index (κ2) is 7.57. The van der Waals surface area contributed by atoms with Gasteiger partial charge in [0, 0.05) is 51.4 Å². The standard InChI is InChI=1S/C19H24N4O3/c24-23(25)18-4-2-1-3-17(18)19-6-5-16(26-19)14-21-10-7-15(13-21)22-11-8-20-9-12-22/h1-6,15,20H,7-14H2. The van der Waals surface area contributed by atoms with Crippen molar-refractivity contribution in [2.75, 3.05) is 39.3 Å². The summed E-state index contributed by atoms with van der Waals surface area (Å²) in [6.45, 7) is 7.28. The molecule has 0 bridgehead atoms. The lowest BCUT2D eigenvalue weighted by atomic mass is 10.1. The van der Waals surface area contributed by atoms with Crippen LogP contribution in [0.3, 0.4) is 0 Å². The van der Waals surface area contributed by atoms with Crippen LogP contribution in [0.5, 0.6) is 0 Å². The van der Waals surface area contributed by atoms with Gasteiger partial charge in [-0.2, -0.15) is 0 Å². The number of nitrogens with zero attached hydrogens (tertiary/aromatic N) is 3. The molecule has 1 N–H and O–H groups in total. The second-order valence-electron chi connectivity index (χ2n) is 7.00. The summed E-state index contributed by atoms with van der Waals surface area (Å²) in [7, 11) is 0. The number of hydrogen-bond acceptors (Lipinski definition) is 6. The van der Waals surface area contributed by atoms with Crippen LogP contribution in [0.4, 0.5) is 5.69 Å². The van der Waals surface area contributed by atoms with E-state index in [1.165, 1.54) is 12.5 Å². The Morgan fingerprint density at radius 2 is 1.96 bits per heavy atom. The Morgan fingerprint density at radius 3 is 2.77 bits per heavy atom. The summed E-state index contributed by atoms with van der Waals surface area (Å²) in [6.07, 6.45) is 1.19. The molecule has 0 radical (unpaired) electrons. The van der Waals surface area contributed by atoms with Gasteiger partial charge in [-0.15, -0.1) is 0 Å². The van der Waals surface area contributed by atoms with Gasteiger partial charge < -0.3 is 9.73 Å². The summed E-state index contributed by atoms with van der Waals surface area (Å²) in [5, 5.41) is 14.6. The van der Waals surface area contributed by atoms with Crippen LogP contribution in [0.2, 0.25) is 0 Å². The van der Waals surface area contributed by atoms with Crippen molar-refractivity contribution in [3.8, 4) is 11.3 Å². The molecule has 4 rings (SSSR count). The van der Waals surface area contributed by atoms with Gasteiger partial charge in [-0.3, -0.25) is 19.9 Å². The number of nitro benzene ring substituents is 1. The lowest BCUT2D eigenvalue weighted by Crippen LogP contribution is -2.49. The summed E-state index contributed by atoms with van der Waals surface area (Å²) < 4.78 is 5.93. The second-order valence-corrected chi connectivity index (χ2v) is 7.00. The van der Waals surface area contributed by atoms with Crippen molar-refractivity contribution < 1.29 is 9.34 Å². The van der Waals surface area contributed by atoms with E-state index in [0.29, 0.717) is 17.4 Å². The molecule has 0 saturated carbocycles. The molecule has 2 aromatic rings. The summed E-state index contributed by atoms with van der Waals surface area (Å²) in [6, 6.07) is 11.1.